The first kappa shape index (κ1) is 14.6. The molecule has 0 spiro atoms. The Morgan fingerprint density at radius 3 is 2.70 bits per heavy atom. The number of carbonyl (C=O) groups excluding carboxylic acids is 1. The summed E-state index contributed by atoms with van der Waals surface area (Å²) >= 11 is 1.66. The summed E-state index contributed by atoms with van der Waals surface area (Å²) in [6.07, 6.45) is 0.317. The molecule has 0 bridgehead atoms. The molecule has 1 aromatic heterocycles. The summed E-state index contributed by atoms with van der Waals surface area (Å²) in [5, 5.41) is 11.5. The summed E-state index contributed by atoms with van der Waals surface area (Å²) in [5.74, 6) is 0.281. The Bertz CT molecular complexity index is 564. The first-order valence-electron chi connectivity index (χ1n) is 6.66. The minimum atomic E-state index is 0.0824. The molecular weight excluding hydrogens is 270 g/mol. The molecule has 1 N–H and O–H groups in total. The molecule has 106 valence electrons. The van der Waals surface area contributed by atoms with Gasteiger partial charge in [-0.2, -0.15) is 0 Å². The van der Waals surface area contributed by atoms with Crippen molar-refractivity contribution in [3.63, 3.8) is 0 Å². The Morgan fingerprint density at radius 1 is 1.30 bits per heavy atom. The van der Waals surface area contributed by atoms with Gasteiger partial charge >= 0.3 is 0 Å². The molecule has 2 rings (SSSR count). The van der Waals surface area contributed by atoms with Gasteiger partial charge in [0.1, 0.15) is 5.75 Å². The van der Waals surface area contributed by atoms with Gasteiger partial charge in [-0.15, -0.1) is 11.3 Å². The standard InChI is InChI=1S/C16H19NO2S/c1-12(2)17(11-15-7-4-8-20-15)16(19)10-13-5-3-6-14(18)9-13/h3-9,12,18H,10-11H2,1-2H3. The van der Waals surface area contributed by atoms with E-state index < -0.39 is 0 Å². The predicted octanol–water partition coefficient (Wildman–Crippen LogP) is 3.43. The topological polar surface area (TPSA) is 40.5 Å². The summed E-state index contributed by atoms with van der Waals surface area (Å²) in [6, 6.07) is 11.1. The number of amides is 1. The maximum Gasteiger partial charge on any atom is 0.227 e. The van der Waals surface area contributed by atoms with Crippen molar-refractivity contribution >= 4 is 17.2 Å². The van der Waals surface area contributed by atoms with Crippen molar-refractivity contribution in [3.8, 4) is 5.75 Å². The van der Waals surface area contributed by atoms with E-state index in [4.69, 9.17) is 0 Å². The molecule has 4 heteroatoms. The van der Waals surface area contributed by atoms with Gasteiger partial charge in [-0.3, -0.25) is 4.79 Å². The molecule has 0 aliphatic carbocycles. The van der Waals surface area contributed by atoms with Crippen LogP contribution in [0.2, 0.25) is 0 Å². The minimum Gasteiger partial charge on any atom is -0.508 e. The van der Waals surface area contributed by atoms with Gasteiger partial charge in [0.15, 0.2) is 0 Å². The van der Waals surface area contributed by atoms with Crippen molar-refractivity contribution in [1.82, 2.24) is 4.90 Å². The quantitative estimate of drug-likeness (QED) is 0.916. The van der Waals surface area contributed by atoms with Crippen LogP contribution in [-0.4, -0.2) is 22.0 Å². The molecule has 1 heterocycles. The third kappa shape index (κ3) is 3.84. The molecule has 2 aromatic rings. The van der Waals surface area contributed by atoms with Crippen LogP contribution >= 0.6 is 11.3 Å². The van der Waals surface area contributed by atoms with E-state index in [0.717, 1.165) is 5.56 Å². The Morgan fingerprint density at radius 2 is 2.10 bits per heavy atom. The van der Waals surface area contributed by atoms with Crippen molar-refractivity contribution in [1.29, 1.82) is 0 Å². The molecule has 20 heavy (non-hydrogen) atoms. The lowest BCUT2D eigenvalue weighted by molar-refractivity contribution is -0.132. The normalized spacial score (nSPS) is 10.8. The van der Waals surface area contributed by atoms with Gasteiger partial charge in [0.05, 0.1) is 13.0 Å². The van der Waals surface area contributed by atoms with E-state index in [1.165, 1.54) is 4.88 Å². The highest BCUT2D eigenvalue weighted by Crippen LogP contribution is 2.17. The Kier molecular flexibility index (Phi) is 4.79. The molecule has 0 unspecified atom stereocenters. The largest absolute Gasteiger partial charge is 0.508 e. The summed E-state index contributed by atoms with van der Waals surface area (Å²) in [6.45, 7) is 4.69. The van der Waals surface area contributed by atoms with Crippen molar-refractivity contribution < 1.29 is 9.90 Å². The van der Waals surface area contributed by atoms with Gasteiger partial charge < -0.3 is 10.0 Å². The summed E-state index contributed by atoms with van der Waals surface area (Å²) < 4.78 is 0. The highest BCUT2D eigenvalue weighted by Gasteiger charge is 2.18. The summed E-state index contributed by atoms with van der Waals surface area (Å²) in [5.41, 5.74) is 0.840. The van der Waals surface area contributed by atoms with E-state index in [0.29, 0.717) is 13.0 Å². The number of nitrogens with zero attached hydrogens (tertiary/aromatic N) is 1. The molecule has 0 radical (unpaired) electrons. The van der Waals surface area contributed by atoms with E-state index in [9.17, 15) is 9.90 Å². The maximum atomic E-state index is 12.4. The fourth-order valence-electron chi connectivity index (χ4n) is 2.07. The van der Waals surface area contributed by atoms with Crippen molar-refractivity contribution in [2.45, 2.75) is 32.9 Å². The first-order chi connectivity index (χ1) is 9.56. The van der Waals surface area contributed by atoms with E-state index in [2.05, 4.69) is 0 Å². The van der Waals surface area contributed by atoms with Crippen LogP contribution in [0.5, 0.6) is 5.75 Å². The molecule has 0 fully saturated rings. The summed E-state index contributed by atoms with van der Waals surface area (Å²) in [4.78, 5) is 15.5. The van der Waals surface area contributed by atoms with Crippen LogP contribution in [0.15, 0.2) is 41.8 Å². The Hall–Kier alpha value is -1.81. The molecule has 0 saturated heterocycles. The number of benzene rings is 1. The maximum absolute atomic E-state index is 12.4. The first-order valence-corrected chi connectivity index (χ1v) is 7.54. The van der Waals surface area contributed by atoms with Gasteiger partial charge in [-0.1, -0.05) is 18.2 Å². The van der Waals surface area contributed by atoms with Crippen molar-refractivity contribution in [2.24, 2.45) is 0 Å². The third-order valence-electron chi connectivity index (χ3n) is 3.12. The van der Waals surface area contributed by atoms with Crippen LogP contribution in [0.3, 0.4) is 0 Å². The smallest absolute Gasteiger partial charge is 0.227 e. The van der Waals surface area contributed by atoms with Crippen molar-refractivity contribution in [3.05, 3.63) is 52.2 Å². The van der Waals surface area contributed by atoms with E-state index >= 15 is 0 Å². The van der Waals surface area contributed by atoms with Crippen LogP contribution < -0.4 is 0 Å². The lowest BCUT2D eigenvalue weighted by atomic mass is 10.1. The second-order valence-electron chi connectivity index (χ2n) is 5.04. The molecule has 0 saturated carbocycles. The zero-order valence-electron chi connectivity index (χ0n) is 11.7. The lowest BCUT2D eigenvalue weighted by Gasteiger charge is -2.26. The van der Waals surface area contributed by atoms with Crippen LogP contribution in [-0.2, 0) is 17.8 Å². The molecule has 1 aromatic carbocycles. The van der Waals surface area contributed by atoms with E-state index in [-0.39, 0.29) is 17.7 Å². The van der Waals surface area contributed by atoms with Crippen molar-refractivity contribution in [2.75, 3.05) is 0 Å². The SMILES string of the molecule is CC(C)N(Cc1cccs1)C(=O)Cc1cccc(O)c1. The van der Waals surface area contributed by atoms with Gasteiger partial charge in [0.2, 0.25) is 5.91 Å². The molecular formula is C16H19NO2S. The molecule has 0 aliphatic rings. The fourth-order valence-corrected chi connectivity index (χ4v) is 2.77. The van der Waals surface area contributed by atoms with Crippen LogP contribution in [0.25, 0.3) is 0 Å². The third-order valence-corrected chi connectivity index (χ3v) is 3.98. The number of phenols is 1. The van der Waals surface area contributed by atoms with Gasteiger partial charge in [0, 0.05) is 10.9 Å². The average Bonchev–Trinajstić information content (AvgIpc) is 2.88. The zero-order chi connectivity index (χ0) is 14.5. The Labute approximate surface area is 123 Å². The van der Waals surface area contributed by atoms with Gasteiger partial charge in [-0.05, 0) is 43.0 Å². The molecule has 1 amide bonds. The van der Waals surface area contributed by atoms with Crippen LogP contribution in [0, 0.1) is 0 Å². The van der Waals surface area contributed by atoms with Gasteiger partial charge in [0.25, 0.3) is 0 Å². The highest BCUT2D eigenvalue weighted by molar-refractivity contribution is 7.09. The van der Waals surface area contributed by atoms with Gasteiger partial charge in [-0.25, -0.2) is 0 Å². The average molecular weight is 289 g/mol. The molecule has 3 nitrogen and oxygen atoms in total. The number of aromatic hydroxyl groups is 1. The monoisotopic (exact) mass is 289 g/mol. The number of rotatable bonds is 5. The highest BCUT2D eigenvalue weighted by atomic mass is 32.1. The molecule has 0 atom stereocenters. The second-order valence-corrected chi connectivity index (χ2v) is 6.07. The second kappa shape index (κ2) is 6.57. The number of carbonyl (C=O) groups is 1. The zero-order valence-corrected chi connectivity index (χ0v) is 12.6. The summed E-state index contributed by atoms with van der Waals surface area (Å²) in [7, 11) is 0. The Balaban J connectivity index is 2.07. The number of hydrogen-bond donors (Lipinski definition) is 1. The van der Waals surface area contributed by atoms with E-state index in [1.807, 2.05) is 42.3 Å². The number of phenolic OH excluding ortho intramolecular Hbond substituents is 1. The number of thiophene rings is 1. The minimum absolute atomic E-state index is 0.0824. The lowest BCUT2D eigenvalue weighted by Crippen LogP contribution is -2.37. The van der Waals surface area contributed by atoms with Crippen LogP contribution in [0.4, 0.5) is 0 Å². The molecule has 0 aliphatic heterocycles. The fraction of sp³-hybridized carbons (Fsp3) is 0.312. The van der Waals surface area contributed by atoms with E-state index in [1.54, 1.807) is 29.5 Å². The predicted molar refractivity (Wildman–Crippen MR) is 81.8 cm³/mol. The number of hydrogen-bond acceptors (Lipinski definition) is 3. The van der Waals surface area contributed by atoms with Crippen LogP contribution in [0.1, 0.15) is 24.3 Å².